The second kappa shape index (κ2) is 10.9. The van der Waals surface area contributed by atoms with E-state index in [1.54, 1.807) is 18.2 Å². The minimum atomic E-state index is -1.17. The predicted octanol–water partition coefficient (Wildman–Crippen LogP) is 1.20. The summed E-state index contributed by atoms with van der Waals surface area (Å²) in [6, 6.07) is 22.9. The van der Waals surface area contributed by atoms with Gasteiger partial charge in [-0.3, -0.25) is 0 Å². The molecule has 0 N–H and O–H groups in total. The molecule has 3 aromatic rings. The first-order valence-corrected chi connectivity index (χ1v) is 8.87. The van der Waals surface area contributed by atoms with Crippen LogP contribution in [0, 0.1) is 6.92 Å². The third kappa shape index (κ3) is 5.83. The number of hydrogen-bond acceptors (Lipinski definition) is 3. The van der Waals surface area contributed by atoms with E-state index in [1.165, 1.54) is 0 Å². The normalized spacial score (nSPS) is 10.5. The molecule has 136 valence electrons. The average Bonchev–Trinajstić information content (AvgIpc) is 2.68. The van der Waals surface area contributed by atoms with Crippen molar-refractivity contribution >= 4 is 12.0 Å². The molecule has 0 aliphatic carbocycles. The van der Waals surface area contributed by atoms with Crippen LogP contribution in [0.1, 0.15) is 32.6 Å². The van der Waals surface area contributed by atoms with Gasteiger partial charge in [-0.2, -0.15) is 0 Å². The zero-order valence-electron chi connectivity index (χ0n) is 16.2. The summed E-state index contributed by atoms with van der Waals surface area (Å²) in [4.78, 5) is 11.2. The summed E-state index contributed by atoms with van der Waals surface area (Å²) in [6.07, 6.45) is 4.41. The quantitative estimate of drug-likeness (QED) is 0.579. The maximum absolute atomic E-state index is 11.2. The van der Waals surface area contributed by atoms with Gasteiger partial charge in [0.1, 0.15) is 12.4 Å². The summed E-state index contributed by atoms with van der Waals surface area (Å²) in [5.74, 6) is -0.295. The Morgan fingerprint density at radius 3 is 2.43 bits per heavy atom. The SMILES string of the molecule is Cc1cccc(CC=Cc2ccccc2C(=O)[O-])c1OCc1ccccc1.[Na+]. The fourth-order valence-corrected chi connectivity index (χ4v) is 2.95. The third-order valence-corrected chi connectivity index (χ3v) is 4.34. The number of hydrogen-bond donors (Lipinski definition) is 0. The Bertz CT molecular complexity index is 949. The van der Waals surface area contributed by atoms with Crippen LogP contribution < -0.4 is 39.4 Å². The van der Waals surface area contributed by atoms with Gasteiger partial charge < -0.3 is 14.6 Å². The molecule has 0 fully saturated rings. The molecule has 4 heteroatoms. The summed E-state index contributed by atoms with van der Waals surface area (Å²) in [5.41, 5.74) is 4.08. The number of aromatic carboxylic acids is 1. The largest absolute Gasteiger partial charge is 1.00 e. The monoisotopic (exact) mass is 380 g/mol. The van der Waals surface area contributed by atoms with Crippen molar-refractivity contribution in [3.63, 3.8) is 0 Å². The maximum Gasteiger partial charge on any atom is 1.00 e. The molecule has 28 heavy (non-hydrogen) atoms. The van der Waals surface area contributed by atoms with Gasteiger partial charge in [0.2, 0.25) is 0 Å². The first-order chi connectivity index (χ1) is 13.1. The Morgan fingerprint density at radius 1 is 0.964 bits per heavy atom. The van der Waals surface area contributed by atoms with E-state index in [0.717, 1.165) is 22.4 Å². The van der Waals surface area contributed by atoms with Crippen LogP contribution in [-0.4, -0.2) is 5.97 Å². The number of ether oxygens (including phenoxy) is 1. The summed E-state index contributed by atoms with van der Waals surface area (Å²) in [6.45, 7) is 2.54. The third-order valence-electron chi connectivity index (χ3n) is 4.34. The first-order valence-electron chi connectivity index (χ1n) is 8.87. The molecule has 0 saturated heterocycles. The van der Waals surface area contributed by atoms with Crippen LogP contribution in [0.25, 0.3) is 6.08 Å². The van der Waals surface area contributed by atoms with Gasteiger partial charge in [-0.05, 0) is 35.6 Å². The second-order valence-electron chi connectivity index (χ2n) is 6.32. The summed E-state index contributed by atoms with van der Waals surface area (Å²) < 4.78 is 6.08. The molecule has 0 bridgehead atoms. The Morgan fingerprint density at radius 2 is 1.68 bits per heavy atom. The van der Waals surface area contributed by atoms with E-state index in [2.05, 4.69) is 0 Å². The minimum absolute atomic E-state index is 0. The molecule has 0 radical (unpaired) electrons. The van der Waals surface area contributed by atoms with Gasteiger partial charge >= 0.3 is 29.6 Å². The summed E-state index contributed by atoms with van der Waals surface area (Å²) in [5, 5.41) is 11.2. The van der Waals surface area contributed by atoms with Gasteiger partial charge in [-0.15, -0.1) is 0 Å². The summed E-state index contributed by atoms with van der Waals surface area (Å²) in [7, 11) is 0. The molecule has 0 aliphatic rings. The van der Waals surface area contributed by atoms with Crippen molar-refractivity contribution in [3.8, 4) is 5.75 Å². The average molecular weight is 380 g/mol. The van der Waals surface area contributed by atoms with Crippen molar-refractivity contribution in [2.45, 2.75) is 20.0 Å². The number of aryl methyl sites for hydroxylation is 1. The molecule has 0 amide bonds. The summed E-state index contributed by atoms with van der Waals surface area (Å²) >= 11 is 0. The van der Waals surface area contributed by atoms with E-state index >= 15 is 0 Å². The van der Waals surface area contributed by atoms with Crippen molar-refractivity contribution in [2.75, 3.05) is 0 Å². The number of carboxylic acids is 1. The first kappa shape index (κ1) is 22.0. The van der Waals surface area contributed by atoms with Crippen LogP contribution in [0.2, 0.25) is 0 Å². The van der Waals surface area contributed by atoms with Crippen molar-refractivity contribution < 1.29 is 44.2 Å². The van der Waals surface area contributed by atoms with E-state index in [9.17, 15) is 9.90 Å². The van der Waals surface area contributed by atoms with Crippen LogP contribution >= 0.6 is 0 Å². The van der Waals surface area contributed by atoms with Gasteiger partial charge in [0.15, 0.2) is 0 Å². The van der Waals surface area contributed by atoms with Crippen LogP contribution in [0.3, 0.4) is 0 Å². The molecular formula is C24H21NaO3. The zero-order valence-corrected chi connectivity index (χ0v) is 18.2. The fraction of sp³-hybridized carbons (Fsp3) is 0.125. The van der Waals surface area contributed by atoms with Gasteiger partial charge in [0.25, 0.3) is 0 Å². The minimum Gasteiger partial charge on any atom is -0.545 e. The number of carbonyl (C=O) groups excluding carboxylic acids is 1. The molecule has 0 saturated carbocycles. The number of carboxylic acid groups (broad SMARTS) is 1. The smallest absolute Gasteiger partial charge is 0.545 e. The van der Waals surface area contributed by atoms with E-state index in [0.29, 0.717) is 18.6 Å². The number of para-hydroxylation sites is 1. The molecular weight excluding hydrogens is 359 g/mol. The molecule has 3 rings (SSSR count). The van der Waals surface area contributed by atoms with E-state index < -0.39 is 5.97 Å². The van der Waals surface area contributed by atoms with Crippen molar-refractivity contribution in [3.05, 3.63) is 107 Å². The Hall–Kier alpha value is -2.33. The van der Waals surface area contributed by atoms with Crippen molar-refractivity contribution in [1.29, 1.82) is 0 Å². The Balaban J connectivity index is 0.00000280. The van der Waals surface area contributed by atoms with Crippen LogP contribution in [0.4, 0.5) is 0 Å². The Kier molecular flexibility index (Phi) is 8.52. The molecule has 0 unspecified atom stereocenters. The van der Waals surface area contributed by atoms with Gasteiger partial charge in [-0.25, -0.2) is 0 Å². The van der Waals surface area contributed by atoms with Gasteiger partial charge in [-0.1, -0.05) is 84.9 Å². The molecule has 0 aromatic heterocycles. The van der Waals surface area contributed by atoms with Gasteiger partial charge in [0.05, 0.1) is 5.97 Å². The van der Waals surface area contributed by atoms with E-state index in [1.807, 2.05) is 73.7 Å². The number of allylic oxidation sites excluding steroid dienone is 1. The van der Waals surface area contributed by atoms with Crippen molar-refractivity contribution in [1.82, 2.24) is 0 Å². The fourth-order valence-electron chi connectivity index (χ4n) is 2.95. The van der Waals surface area contributed by atoms with Gasteiger partial charge in [0, 0.05) is 5.56 Å². The standard InChI is InChI=1S/C24H22O3.Na/c1-18-9-7-14-21(23(18)27-17-19-10-3-2-4-11-19)15-8-13-20-12-5-6-16-22(20)24(25)26;/h2-14,16H,15,17H2,1H3,(H,25,26);/q;+1/p-1. The van der Waals surface area contributed by atoms with Crippen LogP contribution in [0.5, 0.6) is 5.75 Å². The molecule has 0 spiro atoms. The molecule has 3 aromatic carbocycles. The number of rotatable bonds is 7. The molecule has 0 heterocycles. The Labute approximate surface area is 188 Å². The second-order valence-corrected chi connectivity index (χ2v) is 6.32. The maximum atomic E-state index is 11.2. The van der Waals surface area contributed by atoms with Crippen LogP contribution in [-0.2, 0) is 13.0 Å². The van der Waals surface area contributed by atoms with Crippen LogP contribution in [0.15, 0.2) is 78.9 Å². The molecule has 3 nitrogen and oxygen atoms in total. The number of carbonyl (C=O) groups is 1. The topological polar surface area (TPSA) is 49.4 Å². The zero-order chi connectivity index (χ0) is 19.1. The predicted molar refractivity (Wildman–Crippen MR) is 105 cm³/mol. The van der Waals surface area contributed by atoms with E-state index in [-0.39, 0.29) is 35.1 Å². The molecule has 0 atom stereocenters. The molecule has 0 aliphatic heterocycles. The van der Waals surface area contributed by atoms with Crippen molar-refractivity contribution in [2.24, 2.45) is 0 Å². The number of benzene rings is 3. The van der Waals surface area contributed by atoms with E-state index in [4.69, 9.17) is 4.74 Å².